The summed E-state index contributed by atoms with van der Waals surface area (Å²) in [5.41, 5.74) is 6.04. The van der Waals surface area contributed by atoms with Crippen LogP contribution in [0.1, 0.15) is 31.2 Å². The van der Waals surface area contributed by atoms with Crippen molar-refractivity contribution in [2.24, 2.45) is 5.73 Å². The van der Waals surface area contributed by atoms with E-state index in [0.29, 0.717) is 22.2 Å². The predicted molar refractivity (Wildman–Crippen MR) is 101 cm³/mol. The van der Waals surface area contributed by atoms with Crippen molar-refractivity contribution < 1.29 is 14.3 Å². The fourth-order valence-electron chi connectivity index (χ4n) is 2.29. The summed E-state index contributed by atoms with van der Waals surface area (Å²) in [6, 6.07) is 7.50. The molecule has 1 aromatic carbocycles. The topological polar surface area (TPSA) is 72.6 Å². The van der Waals surface area contributed by atoms with E-state index in [-0.39, 0.29) is 11.8 Å². The van der Waals surface area contributed by atoms with Crippen LogP contribution in [0.15, 0.2) is 29.2 Å². The van der Waals surface area contributed by atoms with Crippen LogP contribution in [0.2, 0.25) is 0 Å². The molecule has 2 amide bonds. The second-order valence-corrected chi connectivity index (χ2v) is 7.06. The molecule has 0 saturated carbocycles. The van der Waals surface area contributed by atoms with Gasteiger partial charge < -0.3 is 10.5 Å². The largest absolute Gasteiger partial charge is 0.497 e. The normalized spacial score (nSPS) is 16.0. The Labute approximate surface area is 151 Å². The Balaban J connectivity index is 1.92. The first-order valence-corrected chi connectivity index (χ1v) is 8.91. The van der Waals surface area contributed by atoms with E-state index in [1.807, 2.05) is 30.3 Å². The van der Waals surface area contributed by atoms with Crippen molar-refractivity contribution in [1.29, 1.82) is 0 Å². The van der Waals surface area contributed by atoms with E-state index in [2.05, 4.69) is 0 Å². The van der Waals surface area contributed by atoms with E-state index in [1.54, 1.807) is 12.0 Å². The van der Waals surface area contributed by atoms with Gasteiger partial charge in [-0.1, -0.05) is 42.5 Å². The molecule has 1 aliphatic heterocycles. The number of amides is 2. The molecule has 128 valence electrons. The summed E-state index contributed by atoms with van der Waals surface area (Å²) in [6.07, 6.45) is 4.61. The maximum atomic E-state index is 12.5. The van der Waals surface area contributed by atoms with E-state index in [0.717, 1.165) is 30.6 Å². The SMILES string of the molecule is COc1ccc(C=C2SC(=S)N(CCCCCC(N)=O)C2=O)cc1. The highest BCUT2D eigenvalue weighted by molar-refractivity contribution is 8.26. The van der Waals surface area contributed by atoms with E-state index >= 15 is 0 Å². The van der Waals surface area contributed by atoms with Crippen molar-refractivity contribution >= 4 is 46.2 Å². The number of unbranched alkanes of at least 4 members (excludes halogenated alkanes) is 2. The highest BCUT2D eigenvalue weighted by Gasteiger charge is 2.31. The van der Waals surface area contributed by atoms with Gasteiger partial charge in [0.2, 0.25) is 5.91 Å². The van der Waals surface area contributed by atoms with Gasteiger partial charge in [0.25, 0.3) is 5.91 Å². The van der Waals surface area contributed by atoms with Crippen LogP contribution in [0.25, 0.3) is 6.08 Å². The van der Waals surface area contributed by atoms with Crippen LogP contribution in [0.4, 0.5) is 0 Å². The molecule has 1 saturated heterocycles. The molecule has 2 N–H and O–H groups in total. The van der Waals surface area contributed by atoms with Crippen LogP contribution in [0, 0.1) is 0 Å². The summed E-state index contributed by atoms with van der Waals surface area (Å²) in [4.78, 5) is 25.4. The zero-order valence-electron chi connectivity index (χ0n) is 13.5. The van der Waals surface area contributed by atoms with Gasteiger partial charge >= 0.3 is 0 Å². The molecule has 0 radical (unpaired) electrons. The summed E-state index contributed by atoms with van der Waals surface area (Å²) in [5.74, 6) is 0.425. The highest BCUT2D eigenvalue weighted by atomic mass is 32.2. The number of thiocarbonyl (C=S) groups is 1. The standard InChI is InChI=1S/C17H20N2O3S2/c1-22-13-8-6-12(7-9-13)11-14-16(21)19(17(23)24-14)10-4-2-3-5-15(18)20/h6-9,11H,2-5,10H2,1H3,(H2,18,20). The minimum Gasteiger partial charge on any atom is -0.497 e. The lowest BCUT2D eigenvalue weighted by molar-refractivity contribution is -0.122. The number of hydrogen-bond donors (Lipinski definition) is 1. The van der Waals surface area contributed by atoms with Gasteiger partial charge in [-0.05, 0) is 36.6 Å². The minimum atomic E-state index is -0.289. The van der Waals surface area contributed by atoms with Crippen molar-refractivity contribution in [2.75, 3.05) is 13.7 Å². The molecule has 1 aromatic rings. The van der Waals surface area contributed by atoms with Crippen molar-refractivity contribution in [3.63, 3.8) is 0 Å². The average Bonchev–Trinajstić information content (AvgIpc) is 2.82. The number of nitrogens with two attached hydrogens (primary N) is 1. The van der Waals surface area contributed by atoms with E-state index in [1.165, 1.54) is 11.8 Å². The number of methoxy groups -OCH3 is 1. The number of thioether (sulfide) groups is 1. The van der Waals surface area contributed by atoms with E-state index in [9.17, 15) is 9.59 Å². The lowest BCUT2D eigenvalue weighted by atomic mass is 10.2. The third-order valence-electron chi connectivity index (χ3n) is 3.59. The quantitative estimate of drug-likeness (QED) is 0.436. The molecule has 2 rings (SSSR count). The van der Waals surface area contributed by atoms with Crippen LogP contribution in [-0.2, 0) is 9.59 Å². The molecule has 24 heavy (non-hydrogen) atoms. The van der Waals surface area contributed by atoms with Crippen LogP contribution < -0.4 is 10.5 Å². The first kappa shape index (κ1) is 18.5. The molecule has 7 heteroatoms. The molecule has 0 aromatic heterocycles. The maximum absolute atomic E-state index is 12.5. The molecule has 0 bridgehead atoms. The van der Waals surface area contributed by atoms with Gasteiger partial charge in [0, 0.05) is 13.0 Å². The zero-order chi connectivity index (χ0) is 17.5. The third kappa shape index (κ3) is 5.07. The Bertz CT molecular complexity index is 656. The molecular formula is C17H20N2O3S2. The lowest BCUT2D eigenvalue weighted by Gasteiger charge is -2.13. The molecular weight excluding hydrogens is 344 g/mol. The number of primary amides is 1. The molecule has 5 nitrogen and oxygen atoms in total. The summed E-state index contributed by atoms with van der Waals surface area (Å²) < 4.78 is 5.70. The molecule has 0 spiro atoms. The Morgan fingerprint density at radius 2 is 2.00 bits per heavy atom. The summed E-state index contributed by atoms with van der Waals surface area (Å²) in [5, 5.41) is 0. The number of ether oxygens (including phenoxy) is 1. The number of hydrogen-bond acceptors (Lipinski definition) is 5. The van der Waals surface area contributed by atoms with Crippen LogP contribution in [-0.4, -0.2) is 34.7 Å². The van der Waals surface area contributed by atoms with Crippen LogP contribution in [0.5, 0.6) is 5.75 Å². The van der Waals surface area contributed by atoms with Crippen molar-refractivity contribution in [3.8, 4) is 5.75 Å². The number of rotatable bonds is 8. The fraction of sp³-hybridized carbons (Fsp3) is 0.353. The highest BCUT2D eigenvalue weighted by Crippen LogP contribution is 2.33. The van der Waals surface area contributed by atoms with Crippen LogP contribution >= 0.6 is 24.0 Å². The average molecular weight is 364 g/mol. The Morgan fingerprint density at radius 1 is 1.29 bits per heavy atom. The summed E-state index contributed by atoms with van der Waals surface area (Å²) in [6.45, 7) is 0.573. The van der Waals surface area contributed by atoms with E-state index in [4.69, 9.17) is 22.7 Å². The Morgan fingerprint density at radius 3 is 2.62 bits per heavy atom. The van der Waals surface area contributed by atoms with Gasteiger partial charge in [-0.25, -0.2) is 0 Å². The second kappa shape index (κ2) is 8.84. The third-order valence-corrected chi connectivity index (χ3v) is 4.97. The summed E-state index contributed by atoms with van der Waals surface area (Å²) >= 11 is 6.62. The number of benzene rings is 1. The monoisotopic (exact) mass is 364 g/mol. The summed E-state index contributed by atoms with van der Waals surface area (Å²) in [7, 11) is 1.61. The lowest BCUT2D eigenvalue weighted by Crippen LogP contribution is -2.29. The molecule has 1 fully saturated rings. The minimum absolute atomic E-state index is 0.0595. The fourth-order valence-corrected chi connectivity index (χ4v) is 3.60. The van der Waals surface area contributed by atoms with Gasteiger partial charge in [-0.2, -0.15) is 0 Å². The van der Waals surface area contributed by atoms with Gasteiger partial charge in [0.15, 0.2) is 0 Å². The Kier molecular flexibility index (Phi) is 6.81. The van der Waals surface area contributed by atoms with E-state index < -0.39 is 0 Å². The molecule has 0 atom stereocenters. The number of carbonyl (C=O) groups excluding carboxylic acids is 2. The molecule has 1 aliphatic rings. The Hall–Kier alpha value is -1.86. The smallest absolute Gasteiger partial charge is 0.266 e. The second-order valence-electron chi connectivity index (χ2n) is 5.38. The number of carbonyl (C=O) groups is 2. The van der Waals surface area contributed by atoms with Gasteiger partial charge in [0.1, 0.15) is 10.1 Å². The molecule has 0 unspecified atom stereocenters. The van der Waals surface area contributed by atoms with Crippen molar-refractivity contribution in [1.82, 2.24) is 4.90 Å². The number of nitrogens with zero attached hydrogens (tertiary/aromatic N) is 1. The predicted octanol–water partition coefficient (Wildman–Crippen LogP) is 2.94. The molecule has 0 aliphatic carbocycles. The zero-order valence-corrected chi connectivity index (χ0v) is 15.1. The van der Waals surface area contributed by atoms with Crippen molar-refractivity contribution in [2.45, 2.75) is 25.7 Å². The first-order chi connectivity index (χ1) is 11.5. The van der Waals surface area contributed by atoms with Gasteiger partial charge in [-0.15, -0.1) is 0 Å². The van der Waals surface area contributed by atoms with Gasteiger partial charge in [-0.3, -0.25) is 14.5 Å². The van der Waals surface area contributed by atoms with Crippen molar-refractivity contribution in [3.05, 3.63) is 34.7 Å². The van der Waals surface area contributed by atoms with Gasteiger partial charge in [0.05, 0.1) is 12.0 Å². The molecule has 1 heterocycles. The first-order valence-electron chi connectivity index (χ1n) is 7.69. The maximum Gasteiger partial charge on any atom is 0.266 e. The van der Waals surface area contributed by atoms with Crippen LogP contribution in [0.3, 0.4) is 0 Å².